The van der Waals surface area contributed by atoms with E-state index in [1.807, 2.05) is 30.3 Å². The maximum absolute atomic E-state index is 13.9. The average Bonchev–Trinajstić information content (AvgIpc) is 3.67. The molecule has 0 unspecified atom stereocenters. The summed E-state index contributed by atoms with van der Waals surface area (Å²) in [5.41, 5.74) is 2.76. The number of hydrogen-bond donors (Lipinski definition) is 2. The molecule has 0 fully saturated rings. The van der Waals surface area contributed by atoms with E-state index in [2.05, 4.69) is 10.6 Å². The van der Waals surface area contributed by atoms with Crippen LogP contribution in [0.3, 0.4) is 0 Å². The molecule has 0 saturated carbocycles. The zero-order valence-corrected chi connectivity index (χ0v) is 25.6. The van der Waals surface area contributed by atoms with Crippen LogP contribution in [0.5, 0.6) is 11.5 Å². The van der Waals surface area contributed by atoms with Crippen LogP contribution in [0.25, 0.3) is 11.4 Å². The van der Waals surface area contributed by atoms with Crippen molar-refractivity contribution in [2.75, 3.05) is 33.4 Å². The van der Waals surface area contributed by atoms with Crippen LogP contribution in [0.1, 0.15) is 61.8 Å². The minimum absolute atomic E-state index is 0.00536. The van der Waals surface area contributed by atoms with Crippen LogP contribution >= 0.6 is 0 Å². The fraction of sp³-hybridized carbons (Fsp3) is 0.294. The number of rotatable bonds is 3. The van der Waals surface area contributed by atoms with Gasteiger partial charge in [-0.15, -0.1) is 0 Å². The molecule has 2 N–H and O–H groups in total. The van der Waals surface area contributed by atoms with E-state index in [1.54, 1.807) is 48.0 Å². The van der Waals surface area contributed by atoms with Gasteiger partial charge in [-0.05, 0) is 43.2 Å². The van der Waals surface area contributed by atoms with Crippen molar-refractivity contribution in [1.82, 2.24) is 30.3 Å². The predicted octanol–water partition coefficient (Wildman–Crippen LogP) is 3.22. The molecule has 6 rings (SSSR count). The number of aromatic nitrogens is 3. The van der Waals surface area contributed by atoms with Crippen LogP contribution in [-0.2, 0) is 17.8 Å². The molecule has 1 aliphatic carbocycles. The SMILES string of the molecule is COc1ccc2cc1OCCn1nc(-c3ccccc3)nc1[C@@H](C)NC(=O)CN(C(=O)c1cccc3c1CCC3=O)CCNC2=O. The van der Waals surface area contributed by atoms with E-state index in [4.69, 9.17) is 19.6 Å². The molecule has 0 saturated heterocycles. The Morgan fingerprint density at radius 2 is 1.80 bits per heavy atom. The fourth-order valence-electron chi connectivity index (χ4n) is 5.77. The fourth-order valence-corrected chi connectivity index (χ4v) is 5.77. The van der Waals surface area contributed by atoms with Crippen LogP contribution in [0.4, 0.5) is 0 Å². The lowest BCUT2D eigenvalue weighted by molar-refractivity contribution is -0.122. The van der Waals surface area contributed by atoms with Gasteiger partial charge in [-0.1, -0.05) is 42.5 Å². The lowest BCUT2D eigenvalue weighted by Gasteiger charge is -2.24. The second kappa shape index (κ2) is 13.2. The molecule has 2 bridgehead atoms. The van der Waals surface area contributed by atoms with E-state index in [-0.39, 0.29) is 44.5 Å². The number of ether oxygens (including phenoxy) is 2. The minimum atomic E-state index is -0.568. The van der Waals surface area contributed by atoms with Crippen molar-refractivity contribution in [2.45, 2.75) is 32.4 Å². The van der Waals surface area contributed by atoms with Crippen LogP contribution < -0.4 is 20.1 Å². The molecule has 12 nitrogen and oxygen atoms in total. The second-order valence-electron chi connectivity index (χ2n) is 11.1. The molecule has 3 aromatic carbocycles. The van der Waals surface area contributed by atoms with E-state index >= 15 is 0 Å². The first-order chi connectivity index (χ1) is 22.3. The zero-order chi connectivity index (χ0) is 32.2. The molecule has 4 aromatic rings. The van der Waals surface area contributed by atoms with Crippen molar-refractivity contribution in [3.8, 4) is 22.9 Å². The Balaban J connectivity index is 1.34. The number of benzene rings is 3. The number of nitrogens with one attached hydrogen (secondary N) is 2. The highest BCUT2D eigenvalue weighted by Gasteiger charge is 2.29. The number of nitrogens with zero attached hydrogens (tertiary/aromatic N) is 4. The van der Waals surface area contributed by atoms with Gasteiger partial charge in [-0.3, -0.25) is 19.2 Å². The quantitative estimate of drug-likeness (QED) is 0.355. The van der Waals surface area contributed by atoms with Crippen LogP contribution in [-0.4, -0.2) is 76.5 Å². The summed E-state index contributed by atoms with van der Waals surface area (Å²) in [6, 6.07) is 18.9. The summed E-state index contributed by atoms with van der Waals surface area (Å²) in [5.74, 6) is 0.662. The third kappa shape index (κ3) is 6.32. The molecular formula is C34H34N6O6. The van der Waals surface area contributed by atoms with Gasteiger partial charge in [0.05, 0.1) is 26.2 Å². The molecular weight excluding hydrogens is 588 g/mol. The number of carbonyl (C=O) groups is 4. The third-order valence-corrected chi connectivity index (χ3v) is 8.08. The number of Topliss-reactive ketones (excluding diaryl/α,β-unsaturated/α-hetero) is 1. The molecule has 2 aliphatic rings. The number of carbonyl (C=O) groups excluding carboxylic acids is 4. The Labute approximate surface area is 265 Å². The molecule has 1 atom stereocenters. The molecule has 2 heterocycles. The maximum Gasteiger partial charge on any atom is 0.254 e. The summed E-state index contributed by atoms with van der Waals surface area (Å²) in [6.07, 6.45) is 0.804. The van der Waals surface area contributed by atoms with Gasteiger partial charge in [-0.2, -0.15) is 5.10 Å². The van der Waals surface area contributed by atoms with Gasteiger partial charge >= 0.3 is 0 Å². The van der Waals surface area contributed by atoms with Crippen molar-refractivity contribution in [3.05, 3.63) is 94.8 Å². The van der Waals surface area contributed by atoms with Crippen molar-refractivity contribution in [1.29, 1.82) is 0 Å². The Morgan fingerprint density at radius 1 is 0.978 bits per heavy atom. The van der Waals surface area contributed by atoms with Gasteiger partial charge in [0.1, 0.15) is 12.4 Å². The van der Waals surface area contributed by atoms with Crippen molar-refractivity contribution in [2.24, 2.45) is 0 Å². The Morgan fingerprint density at radius 3 is 2.61 bits per heavy atom. The normalized spacial score (nSPS) is 17.2. The number of hydrogen-bond acceptors (Lipinski definition) is 8. The Bertz CT molecular complexity index is 1800. The number of fused-ring (bicyclic) bond motifs is 4. The van der Waals surface area contributed by atoms with Gasteiger partial charge in [0.25, 0.3) is 11.8 Å². The highest BCUT2D eigenvalue weighted by molar-refractivity contribution is 6.06. The van der Waals surface area contributed by atoms with Gasteiger partial charge in [0.15, 0.2) is 23.1 Å². The summed E-state index contributed by atoms with van der Waals surface area (Å²) in [7, 11) is 1.52. The largest absolute Gasteiger partial charge is 0.493 e. The maximum atomic E-state index is 13.9. The molecule has 0 radical (unpaired) electrons. The van der Waals surface area contributed by atoms with Gasteiger partial charge in [0, 0.05) is 41.8 Å². The summed E-state index contributed by atoms with van der Waals surface area (Å²) >= 11 is 0. The van der Waals surface area contributed by atoms with E-state index < -0.39 is 17.9 Å². The van der Waals surface area contributed by atoms with E-state index in [1.165, 1.54) is 12.0 Å². The van der Waals surface area contributed by atoms with Crippen molar-refractivity contribution >= 4 is 23.5 Å². The van der Waals surface area contributed by atoms with Crippen LogP contribution in [0, 0.1) is 0 Å². The first-order valence-corrected chi connectivity index (χ1v) is 15.2. The van der Waals surface area contributed by atoms with E-state index in [0.717, 1.165) is 5.56 Å². The summed E-state index contributed by atoms with van der Waals surface area (Å²) in [4.78, 5) is 59.0. The molecule has 46 heavy (non-hydrogen) atoms. The Kier molecular flexibility index (Phi) is 8.77. The minimum Gasteiger partial charge on any atom is -0.493 e. The highest BCUT2D eigenvalue weighted by Crippen LogP contribution is 2.29. The smallest absolute Gasteiger partial charge is 0.254 e. The molecule has 12 heteroatoms. The molecule has 236 valence electrons. The number of ketones is 1. The zero-order valence-electron chi connectivity index (χ0n) is 25.6. The van der Waals surface area contributed by atoms with Gasteiger partial charge < -0.3 is 25.0 Å². The lowest BCUT2D eigenvalue weighted by atomic mass is 10.0. The Hall–Kier alpha value is -5.52. The molecule has 3 amide bonds. The van der Waals surface area contributed by atoms with Crippen molar-refractivity contribution < 1.29 is 28.7 Å². The topological polar surface area (TPSA) is 145 Å². The van der Waals surface area contributed by atoms with E-state index in [0.29, 0.717) is 58.2 Å². The summed E-state index contributed by atoms with van der Waals surface area (Å²) in [6.45, 7) is 2.13. The van der Waals surface area contributed by atoms with Gasteiger partial charge in [-0.25, -0.2) is 9.67 Å². The molecule has 1 aliphatic heterocycles. The number of methoxy groups -OCH3 is 1. The third-order valence-electron chi connectivity index (χ3n) is 8.08. The highest BCUT2D eigenvalue weighted by atomic mass is 16.5. The van der Waals surface area contributed by atoms with Crippen LogP contribution in [0.15, 0.2) is 66.7 Å². The molecule has 0 spiro atoms. The second-order valence-corrected chi connectivity index (χ2v) is 11.1. The van der Waals surface area contributed by atoms with Crippen LogP contribution in [0.2, 0.25) is 0 Å². The summed E-state index contributed by atoms with van der Waals surface area (Å²) in [5, 5.41) is 10.5. The van der Waals surface area contributed by atoms with Gasteiger partial charge in [0.2, 0.25) is 5.91 Å². The number of amides is 3. The predicted molar refractivity (Wildman–Crippen MR) is 168 cm³/mol. The van der Waals surface area contributed by atoms with Crippen molar-refractivity contribution in [3.63, 3.8) is 0 Å². The molecule has 1 aromatic heterocycles. The monoisotopic (exact) mass is 622 g/mol. The average molecular weight is 623 g/mol. The summed E-state index contributed by atoms with van der Waals surface area (Å²) < 4.78 is 13.2. The lowest BCUT2D eigenvalue weighted by Crippen LogP contribution is -2.45. The first kappa shape index (κ1) is 30.5. The standard InChI is InChI=1S/C34H34N6O6/c1-21-32-37-31(22-7-4-3-5-8-22)38-40(32)17-18-46-29-19-23(11-14-28(29)45-2)33(43)35-15-16-39(20-30(42)36-21)34(44)26-10-6-9-25-24(26)12-13-27(25)41/h3-11,14,19,21H,12-13,15-18,20H2,1-2H3,(H,35,43)(H,36,42)/t21-/m1/s1. The first-order valence-electron chi connectivity index (χ1n) is 15.2. The van der Waals surface area contributed by atoms with E-state index in [9.17, 15) is 19.2 Å².